The summed E-state index contributed by atoms with van der Waals surface area (Å²) in [6.07, 6.45) is 0.889. The highest BCUT2D eigenvalue weighted by atomic mass is 79.9. The van der Waals surface area contributed by atoms with Crippen LogP contribution < -0.4 is 0 Å². The summed E-state index contributed by atoms with van der Waals surface area (Å²) < 4.78 is 0.913. The van der Waals surface area contributed by atoms with Gasteiger partial charge < -0.3 is 4.90 Å². The van der Waals surface area contributed by atoms with Crippen LogP contribution in [-0.2, 0) is 0 Å². The molecule has 0 aliphatic heterocycles. The van der Waals surface area contributed by atoms with E-state index in [-0.39, 0.29) is 11.9 Å². The third kappa shape index (κ3) is 3.62. The van der Waals surface area contributed by atoms with E-state index in [9.17, 15) is 4.79 Å². The number of carbonyl (C=O) groups excluding carboxylic acids is 1. The molecule has 0 aliphatic rings. The smallest absolute Gasteiger partial charge is 0.272 e. The normalized spacial score (nSPS) is 12.2. The molecule has 0 saturated heterocycles. The van der Waals surface area contributed by atoms with Gasteiger partial charge in [0.2, 0.25) is 0 Å². The molecule has 1 heterocycles. The van der Waals surface area contributed by atoms with Gasteiger partial charge in [0.15, 0.2) is 0 Å². The Morgan fingerprint density at radius 1 is 1.23 bits per heavy atom. The van der Waals surface area contributed by atoms with Crippen LogP contribution >= 0.6 is 27.5 Å². The van der Waals surface area contributed by atoms with Crippen molar-refractivity contribution in [1.29, 1.82) is 0 Å². The van der Waals surface area contributed by atoms with E-state index in [2.05, 4.69) is 22.9 Å². The number of rotatable bonds is 4. The fraction of sp³-hybridized carbons (Fsp3) is 0.238. The number of amides is 1. The van der Waals surface area contributed by atoms with E-state index in [0.29, 0.717) is 10.7 Å². The number of halogens is 2. The largest absolute Gasteiger partial charge is 0.338 e. The van der Waals surface area contributed by atoms with Gasteiger partial charge in [-0.05, 0) is 43.0 Å². The standard InChI is InChI=1S/C21H20BrClN2O/c1-4-13(2)25(3)21(26)19-11-14-7-5-6-8-16(14)20(24-19)17-12-15(22)9-10-18(17)23/h5-13H,4H2,1-3H3/t13-/m0/s1. The predicted octanol–water partition coefficient (Wildman–Crippen LogP) is 6.19. The molecule has 0 spiro atoms. The first kappa shape index (κ1) is 18.9. The number of nitrogens with zero attached hydrogens (tertiary/aromatic N) is 2. The molecule has 0 saturated carbocycles. The molecule has 0 bridgehead atoms. The van der Waals surface area contributed by atoms with Crippen LogP contribution in [0.4, 0.5) is 0 Å². The Labute approximate surface area is 167 Å². The second kappa shape index (κ2) is 7.77. The quantitative estimate of drug-likeness (QED) is 0.493. The van der Waals surface area contributed by atoms with Crippen LogP contribution in [-0.4, -0.2) is 28.9 Å². The van der Waals surface area contributed by atoms with Gasteiger partial charge in [0, 0.05) is 28.5 Å². The summed E-state index contributed by atoms with van der Waals surface area (Å²) in [5.41, 5.74) is 1.95. The van der Waals surface area contributed by atoms with Crippen LogP contribution in [0.3, 0.4) is 0 Å². The maximum atomic E-state index is 12.9. The van der Waals surface area contributed by atoms with E-state index in [1.54, 1.807) is 4.90 Å². The lowest BCUT2D eigenvalue weighted by molar-refractivity contribution is 0.0735. The predicted molar refractivity (Wildman–Crippen MR) is 112 cm³/mol. The molecular weight excluding hydrogens is 412 g/mol. The van der Waals surface area contributed by atoms with Crippen LogP contribution in [0.15, 0.2) is 53.0 Å². The van der Waals surface area contributed by atoms with E-state index in [1.807, 2.05) is 62.5 Å². The number of hydrogen-bond acceptors (Lipinski definition) is 2. The molecule has 1 atom stereocenters. The van der Waals surface area contributed by atoms with E-state index in [4.69, 9.17) is 16.6 Å². The van der Waals surface area contributed by atoms with Gasteiger partial charge in [-0.25, -0.2) is 4.98 Å². The number of carbonyl (C=O) groups is 1. The molecule has 1 aromatic heterocycles. The molecule has 2 aromatic carbocycles. The molecule has 1 amide bonds. The number of aromatic nitrogens is 1. The minimum atomic E-state index is -0.0857. The van der Waals surface area contributed by atoms with Crippen LogP contribution in [0.1, 0.15) is 30.8 Å². The average molecular weight is 432 g/mol. The van der Waals surface area contributed by atoms with Crippen molar-refractivity contribution >= 4 is 44.2 Å². The summed E-state index contributed by atoms with van der Waals surface area (Å²) in [5, 5.41) is 2.54. The van der Waals surface area contributed by atoms with Gasteiger partial charge in [0.25, 0.3) is 5.91 Å². The Kier molecular flexibility index (Phi) is 5.64. The molecule has 26 heavy (non-hydrogen) atoms. The Morgan fingerprint density at radius 2 is 1.96 bits per heavy atom. The number of fused-ring (bicyclic) bond motifs is 1. The first-order chi connectivity index (χ1) is 12.4. The van der Waals surface area contributed by atoms with E-state index in [1.165, 1.54) is 0 Å². The molecule has 0 fully saturated rings. The molecule has 134 valence electrons. The highest BCUT2D eigenvalue weighted by Crippen LogP contribution is 2.34. The van der Waals surface area contributed by atoms with Gasteiger partial charge >= 0.3 is 0 Å². The molecule has 5 heteroatoms. The van der Waals surface area contributed by atoms with Crippen LogP contribution in [0, 0.1) is 0 Å². The third-order valence-electron chi connectivity index (χ3n) is 4.72. The topological polar surface area (TPSA) is 33.2 Å². The van der Waals surface area contributed by atoms with Gasteiger partial charge in [0.05, 0.1) is 10.7 Å². The zero-order valence-corrected chi connectivity index (χ0v) is 17.3. The summed E-state index contributed by atoms with van der Waals surface area (Å²) in [5.74, 6) is -0.0857. The second-order valence-corrected chi connectivity index (χ2v) is 7.70. The third-order valence-corrected chi connectivity index (χ3v) is 5.54. The highest BCUT2D eigenvalue weighted by molar-refractivity contribution is 9.10. The maximum absolute atomic E-state index is 12.9. The molecule has 3 rings (SSSR count). The summed E-state index contributed by atoms with van der Waals surface area (Å²) in [6, 6.07) is 15.6. The monoisotopic (exact) mass is 430 g/mol. The first-order valence-electron chi connectivity index (χ1n) is 8.54. The van der Waals surface area contributed by atoms with Crippen LogP contribution in [0.2, 0.25) is 5.02 Å². The molecule has 0 radical (unpaired) electrons. The Hall–Kier alpha value is -1.91. The van der Waals surface area contributed by atoms with Gasteiger partial charge in [0.1, 0.15) is 5.69 Å². The van der Waals surface area contributed by atoms with E-state index in [0.717, 1.165) is 32.9 Å². The highest BCUT2D eigenvalue weighted by Gasteiger charge is 2.20. The van der Waals surface area contributed by atoms with Crippen molar-refractivity contribution in [3.05, 3.63) is 63.7 Å². The fourth-order valence-electron chi connectivity index (χ4n) is 2.85. The first-order valence-corrected chi connectivity index (χ1v) is 9.71. The fourth-order valence-corrected chi connectivity index (χ4v) is 3.42. The van der Waals surface area contributed by atoms with Crippen molar-refractivity contribution in [1.82, 2.24) is 9.88 Å². The number of hydrogen-bond donors (Lipinski definition) is 0. The van der Waals surface area contributed by atoms with Crippen molar-refractivity contribution in [2.45, 2.75) is 26.3 Å². The van der Waals surface area contributed by atoms with E-state index >= 15 is 0 Å². The van der Waals surface area contributed by atoms with E-state index < -0.39 is 0 Å². The Bertz CT molecular complexity index is 973. The number of pyridine rings is 1. The summed E-state index contributed by atoms with van der Waals surface area (Å²) in [6.45, 7) is 4.10. The zero-order valence-electron chi connectivity index (χ0n) is 15.0. The lowest BCUT2D eigenvalue weighted by Crippen LogP contribution is -2.35. The van der Waals surface area contributed by atoms with Crippen LogP contribution in [0.5, 0.6) is 0 Å². The van der Waals surface area contributed by atoms with Crippen molar-refractivity contribution in [3.63, 3.8) is 0 Å². The molecular formula is C21H20BrClN2O. The van der Waals surface area contributed by atoms with Crippen molar-refractivity contribution in [2.24, 2.45) is 0 Å². The van der Waals surface area contributed by atoms with Crippen molar-refractivity contribution < 1.29 is 4.79 Å². The summed E-state index contributed by atoms with van der Waals surface area (Å²) in [4.78, 5) is 19.4. The van der Waals surface area contributed by atoms with Gasteiger partial charge in [-0.1, -0.05) is 58.7 Å². The summed E-state index contributed by atoms with van der Waals surface area (Å²) in [7, 11) is 1.82. The minimum Gasteiger partial charge on any atom is -0.338 e. The van der Waals surface area contributed by atoms with Gasteiger partial charge in [-0.3, -0.25) is 4.79 Å². The summed E-state index contributed by atoms with van der Waals surface area (Å²) >= 11 is 9.94. The molecule has 0 N–H and O–H groups in total. The van der Waals surface area contributed by atoms with Gasteiger partial charge in [-0.2, -0.15) is 0 Å². The number of benzene rings is 2. The van der Waals surface area contributed by atoms with Crippen molar-refractivity contribution in [3.8, 4) is 11.3 Å². The lowest BCUT2D eigenvalue weighted by Gasteiger charge is -2.24. The minimum absolute atomic E-state index is 0.0857. The zero-order chi connectivity index (χ0) is 18.8. The molecule has 0 unspecified atom stereocenters. The Morgan fingerprint density at radius 3 is 2.69 bits per heavy atom. The van der Waals surface area contributed by atoms with Gasteiger partial charge in [-0.15, -0.1) is 0 Å². The molecule has 0 aliphatic carbocycles. The Balaban J connectivity index is 2.22. The second-order valence-electron chi connectivity index (χ2n) is 6.37. The van der Waals surface area contributed by atoms with Crippen LogP contribution in [0.25, 0.3) is 22.0 Å². The SMILES string of the molecule is CC[C@H](C)N(C)C(=O)c1cc2ccccc2c(-c2cc(Br)ccc2Cl)n1. The van der Waals surface area contributed by atoms with Crippen molar-refractivity contribution in [2.75, 3.05) is 7.05 Å². The maximum Gasteiger partial charge on any atom is 0.272 e. The average Bonchev–Trinajstić information content (AvgIpc) is 2.67. The molecule has 3 nitrogen and oxygen atoms in total. The lowest BCUT2D eigenvalue weighted by atomic mass is 10.0. The molecule has 3 aromatic rings.